The molecule has 2 N–H and O–H groups in total. The third-order valence-corrected chi connectivity index (χ3v) is 3.99. The zero-order valence-electron chi connectivity index (χ0n) is 14.6. The van der Waals surface area contributed by atoms with Crippen LogP contribution in [0.15, 0.2) is 29.3 Å². The number of hydrogen-bond acceptors (Lipinski definition) is 3. The molecule has 0 aromatic heterocycles. The van der Waals surface area contributed by atoms with Gasteiger partial charge in [-0.05, 0) is 31.4 Å². The zero-order valence-corrected chi connectivity index (χ0v) is 14.6. The van der Waals surface area contributed by atoms with Crippen LogP contribution >= 0.6 is 0 Å². The van der Waals surface area contributed by atoms with Crippen LogP contribution in [0.1, 0.15) is 18.9 Å². The van der Waals surface area contributed by atoms with Gasteiger partial charge in [0.25, 0.3) is 0 Å². The molecule has 0 unspecified atom stereocenters. The predicted octanol–water partition coefficient (Wildman–Crippen LogP) is 1.65. The first-order chi connectivity index (χ1) is 11.8. The first kappa shape index (κ1) is 18.7. The van der Waals surface area contributed by atoms with Crippen molar-refractivity contribution in [2.24, 2.45) is 4.99 Å². The molecule has 0 atom stereocenters. The van der Waals surface area contributed by atoms with Gasteiger partial charge in [-0.15, -0.1) is 0 Å². The largest absolute Gasteiger partial charge is 0.379 e. The van der Waals surface area contributed by atoms with Crippen LogP contribution in [0.25, 0.3) is 0 Å². The summed E-state index contributed by atoms with van der Waals surface area (Å²) in [6.07, 6.45) is 1.68. The van der Waals surface area contributed by atoms with E-state index >= 15 is 0 Å². The Morgan fingerprint density at radius 1 is 1.25 bits per heavy atom. The van der Waals surface area contributed by atoms with Gasteiger partial charge in [-0.3, -0.25) is 9.89 Å². The summed E-state index contributed by atoms with van der Waals surface area (Å²) in [7, 11) is 0. The third-order valence-electron chi connectivity index (χ3n) is 3.99. The highest BCUT2D eigenvalue weighted by atomic mass is 19.1. The summed E-state index contributed by atoms with van der Waals surface area (Å²) in [5.74, 6) is 0.655. The number of guanidine groups is 1. The van der Waals surface area contributed by atoms with Gasteiger partial charge in [0.2, 0.25) is 0 Å². The molecule has 1 heterocycles. The molecule has 134 valence electrons. The van der Waals surface area contributed by atoms with Crippen LogP contribution in [0.3, 0.4) is 0 Å². The number of aliphatic imine (C=N–C) groups is 1. The van der Waals surface area contributed by atoms with Crippen LogP contribution in [-0.4, -0.2) is 63.3 Å². The number of hydrogen-bond donors (Lipinski definition) is 2. The zero-order chi connectivity index (χ0) is 17.0. The highest BCUT2D eigenvalue weighted by molar-refractivity contribution is 5.79. The first-order valence-corrected chi connectivity index (χ1v) is 8.85. The van der Waals surface area contributed by atoms with Crippen LogP contribution in [0.4, 0.5) is 4.39 Å². The molecular formula is C18H29FN4O. The molecule has 6 heteroatoms. The average molecular weight is 336 g/mol. The van der Waals surface area contributed by atoms with E-state index in [1.165, 1.54) is 6.07 Å². The van der Waals surface area contributed by atoms with Crippen molar-refractivity contribution in [1.29, 1.82) is 0 Å². The molecule has 1 aliphatic rings. The summed E-state index contributed by atoms with van der Waals surface area (Å²) >= 11 is 0. The monoisotopic (exact) mass is 336 g/mol. The lowest BCUT2D eigenvalue weighted by atomic mass is 10.1. The SMILES string of the molecule is CCNC(=NCCCN1CCOCC1)NCCc1ccccc1F. The van der Waals surface area contributed by atoms with Crippen LogP contribution in [-0.2, 0) is 11.2 Å². The van der Waals surface area contributed by atoms with Crippen LogP contribution < -0.4 is 10.6 Å². The third kappa shape index (κ3) is 6.84. The minimum atomic E-state index is -0.147. The van der Waals surface area contributed by atoms with Crippen molar-refractivity contribution in [3.8, 4) is 0 Å². The Kier molecular flexibility index (Phi) is 8.55. The Hall–Kier alpha value is -1.66. The topological polar surface area (TPSA) is 48.9 Å². The summed E-state index contributed by atoms with van der Waals surface area (Å²) in [4.78, 5) is 7.01. The maximum Gasteiger partial charge on any atom is 0.191 e. The summed E-state index contributed by atoms with van der Waals surface area (Å²) < 4.78 is 18.9. The normalized spacial score (nSPS) is 16.2. The number of rotatable bonds is 8. The van der Waals surface area contributed by atoms with E-state index in [2.05, 4.69) is 20.5 Å². The van der Waals surface area contributed by atoms with E-state index in [-0.39, 0.29) is 5.82 Å². The summed E-state index contributed by atoms with van der Waals surface area (Å²) in [5, 5.41) is 6.51. The highest BCUT2D eigenvalue weighted by Crippen LogP contribution is 2.06. The molecule has 1 saturated heterocycles. The van der Waals surface area contributed by atoms with Gasteiger partial charge in [0.05, 0.1) is 13.2 Å². The number of nitrogens with one attached hydrogen (secondary N) is 2. The number of halogens is 1. The van der Waals surface area contributed by atoms with Crippen molar-refractivity contribution >= 4 is 5.96 Å². The molecule has 1 aromatic carbocycles. The standard InChI is InChI=1S/C18H29FN4O/c1-2-20-18(21-9-5-11-23-12-14-24-15-13-23)22-10-8-16-6-3-4-7-17(16)19/h3-4,6-7H,2,5,8-15H2,1H3,(H2,20,21,22). The molecule has 2 rings (SSSR count). The molecule has 0 spiro atoms. The minimum Gasteiger partial charge on any atom is -0.379 e. The van der Waals surface area contributed by atoms with E-state index in [4.69, 9.17) is 4.74 Å². The fraction of sp³-hybridized carbons (Fsp3) is 0.611. The fourth-order valence-electron chi connectivity index (χ4n) is 2.67. The molecule has 0 amide bonds. The lowest BCUT2D eigenvalue weighted by Crippen LogP contribution is -2.39. The fourth-order valence-corrected chi connectivity index (χ4v) is 2.67. The summed E-state index contributed by atoms with van der Waals surface area (Å²) in [5.41, 5.74) is 0.730. The number of ether oxygens (including phenoxy) is 1. The smallest absolute Gasteiger partial charge is 0.191 e. The number of morpholine rings is 1. The summed E-state index contributed by atoms with van der Waals surface area (Å²) in [6, 6.07) is 6.90. The van der Waals surface area contributed by atoms with Gasteiger partial charge in [-0.1, -0.05) is 18.2 Å². The predicted molar refractivity (Wildman–Crippen MR) is 96.0 cm³/mol. The van der Waals surface area contributed by atoms with E-state index < -0.39 is 0 Å². The van der Waals surface area contributed by atoms with Crippen LogP contribution in [0.5, 0.6) is 0 Å². The molecular weight excluding hydrogens is 307 g/mol. The summed E-state index contributed by atoms with van der Waals surface area (Å²) in [6.45, 7) is 9.07. The van der Waals surface area contributed by atoms with Gasteiger partial charge < -0.3 is 15.4 Å². The molecule has 5 nitrogen and oxygen atoms in total. The van der Waals surface area contributed by atoms with Gasteiger partial charge >= 0.3 is 0 Å². The van der Waals surface area contributed by atoms with Crippen molar-refractivity contribution in [2.75, 3.05) is 52.5 Å². The average Bonchev–Trinajstić information content (AvgIpc) is 2.61. The highest BCUT2D eigenvalue weighted by Gasteiger charge is 2.09. The van der Waals surface area contributed by atoms with Crippen molar-refractivity contribution in [3.05, 3.63) is 35.6 Å². The van der Waals surface area contributed by atoms with Crippen molar-refractivity contribution in [2.45, 2.75) is 19.8 Å². The van der Waals surface area contributed by atoms with E-state index in [9.17, 15) is 4.39 Å². The molecule has 24 heavy (non-hydrogen) atoms. The Bertz CT molecular complexity index is 504. The van der Waals surface area contributed by atoms with E-state index in [1.54, 1.807) is 6.07 Å². The van der Waals surface area contributed by atoms with Gasteiger partial charge in [0, 0.05) is 39.3 Å². The molecule has 1 aromatic rings. The van der Waals surface area contributed by atoms with E-state index in [0.717, 1.165) is 63.9 Å². The van der Waals surface area contributed by atoms with Gasteiger partial charge in [0.1, 0.15) is 5.82 Å². The van der Waals surface area contributed by atoms with Gasteiger partial charge in [-0.2, -0.15) is 0 Å². The van der Waals surface area contributed by atoms with Crippen molar-refractivity contribution < 1.29 is 9.13 Å². The first-order valence-electron chi connectivity index (χ1n) is 8.85. The lowest BCUT2D eigenvalue weighted by molar-refractivity contribution is 0.0377. The lowest BCUT2D eigenvalue weighted by Gasteiger charge is -2.26. The minimum absolute atomic E-state index is 0.147. The van der Waals surface area contributed by atoms with Crippen molar-refractivity contribution in [3.63, 3.8) is 0 Å². The quantitative estimate of drug-likeness (QED) is 0.430. The second kappa shape index (κ2) is 11.0. The van der Waals surface area contributed by atoms with E-state index in [0.29, 0.717) is 13.0 Å². The Balaban J connectivity index is 1.68. The number of nitrogens with zero attached hydrogens (tertiary/aromatic N) is 2. The second-order valence-corrected chi connectivity index (χ2v) is 5.84. The Morgan fingerprint density at radius 2 is 2.04 bits per heavy atom. The van der Waals surface area contributed by atoms with Crippen LogP contribution in [0, 0.1) is 5.82 Å². The molecule has 0 aliphatic carbocycles. The maximum atomic E-state index is 13.6. The van der Waals surface area contributed by atoms with Crippen molar-refractivity contribution in [1.82, 2.24) is 15.5 Å². The number of benzene rings is 1. The molecule has 1 aliphatic heterocycles. The maximum absolute atomic E-state index is 13.6. The second-order valence-electron chi connectivity index (χ2n) is 5.84. The molecule has 0 bridgehead atoms. The Morgan fingerprint density at radius 3 is 2.79 bits per heavy atom. The van der Waals surface area contributed by atoms with Gasteiger partial charge in [-0.25, -0.2) is 4.39 Å². The molecule has 0 radical (unpaired) electrons. The molecule has 0 saturated carbocycles. The van der Waals surface area contributed by atoms with Crippen LogP contribution in [0.2, 0.25) is 0 Å². The van der Waals surface area contributed by atoms with E-state index in [1.807, 2.05) is 19.1 Å². The van der Waals surface area contributed by atoms with Gasteiger partial charge in [0.15, 0.2) is 5.96 Å². The Labute approximate surface area is 144 Å². The molecule has 1 fully saturated rings.